The summed E-state index contributed by atoms with van der Waals surface area (Å²) in [6, 6.07) is 12.6. The first kappa shape index (κ1) is 16.2. The first-order valence-corrected chi connectivity index (χ1v) is 7.25. The first-order chi connectivity index (χ1) is 10.5. The Labute approximate surface area is 135 Å². The van der Waals surface area contributed by atoms with Crippen molar-refractivity contribution in [2.45, 2.75) is 20.0 Å². The Morgan fingerprint density at radius 2 is 1.86 bits per heavy atom. The molecular weight excluding hydrogens is 302 g/mol. The van der Waals surface area contributed by atoms with Crippen LogP contribution in [0.15, 0.2) is 42.5 Å². The molecule has 0 heterocycles. The van der Waals surface area contributed by atoms with Gasteiger partial charge in [0.05, 0.1) is 12.1 Å². The maximum absolute atomic E-state index is 12.1. The van der Waals surface area contributed by atoms with Crippen molar-refractivity contribution in [3.05, 3.63) is 53.1 Å². The maximum Gasteiger partial charge on any atom is 0.265 e. The minimum atomic E-state index is -0.622. The molecule has 0 unspecified atom stereocenters. The van der Waals surface area contributed by atoms with Crippen LogP contribution in [-0.2, 0) is 4.79 Å². The predicted octanol–water partition coefficient (Wildman–Crippen LogP) is 4.06. The summed E-state index contributed by atoms with van der Waals surface area (Å²) in [5.41, 5.74) is 1.73. The van der Waals surface area contributed by atoms with E-state index in [4.69, 9.17) is 21.1 Å². The fraction of sp³-hybridized carbons (Fsp3) is 0.235. The van der Waals surface area contributed by atoms with E-state index in [1.165, 1.54) is 7.11 Å². The van der Waals surface area contributed by atoms with E-state index in [9.17, 15) is 4.79 Å². The number of carbonyl (C=O) groups is 1. The standard InChI is InChI=1S/C17H18ClNO3/c1-11-4-7-14(8-5-11)22-12(2)17(20)19-13-6-9-16(21-3)15(18)10-13/h4-10,12H,1-3H3,(H,19,20)/t12-/m0/s1. The highest BCUT2D eigenvalue weighted by atomic mass is 35.5. The van der Waals surface area contributed by atoms with E-state index in [0.717, 1.165) is 5.56 Å². The molecule has 2 aromatic rings. The number of anilines is 1. The summed E-state index contributed by atoms with van der Waals surface area (Å²) in [6.07, 6.45) is -0.622. The molecule has 1 amide bonds. The number of ether oxygens (including phenoxy) is 2. The van der Waals surface area contributed by atoms with Crippen LogP contribution in [0.25, 0.3) is 0 Å². The van der Waals surface area contributed by atoms with Crippen molar-refractivity contribution < 1.29 is 14.3 Å². The van der Waals surface area contributed by atoms with Gasteiger partial charge >= 0.3 is 0 Å². The Morgan fingerprint density at radius 3 is 2.45 bits per heavy atom. The third kappa shape index (κ3) is 4.15. The summed E-state index contributed by atoms with van der Waals surface area (Å²) in [5.74, 6) is 0.964. The number of aryl methyl sites for hydroxylation is 1. The van der Waals surface area contributed by atoms with Crippen molar-refractivity contribution in [1.29, 1.82) is 0 Å². The fourth-order valence-electron chi connectivity index (χ4n) is 1.86. The maximum atomic E-state index is 12.1. The molecule has 2 rings (SSSR count). The number of halogens is 1. The highest BCUT2D eigenvalue weighted by Crippen LogP contribution is 2.27. The molecule has 0 saturated heterocycles. The second-order valence-electron chi connectivity index (χ2n) is 4.91. The minimum Gasteiger partial charge on any atom is -0.495 e. The normalized spacial score (nSPS) is 11.6. The lowest BCUT2D eigenvalue weighted by Gasteiger charge is -2.15. The summed E-state index contributed by atoms with van der Waals surface area (Å²) < 4.78 is 10.7. The summed E-state index contributed by atoms with van der Waals surface area (Å²) >= 11 is 6.03. The van der Waals surface area contributed by atoms with Crippen molar-refractivity contribution in [3.63, 3.8) is 0 Å². The van der Waals surface area contributed by atoms with Gasteiger partial charge in [-0.1, -0.05) is 29.3 Å². The molecular formula is C17H18ClNO3. The van der Waals surface area contributed by atoms with E-state index in [0.29, 0.717) is 22.2 Å². The molecule has 0 fully saturated rings. The molecule has 2 aromatic carbocycles. The molecule has 0 bridgehead atoms. The topological polar surface area (TPSA) is 47.6 Å². The van der Waals surface area contributed by atoms with Crippen LogP contribution in [0.4, 0.5) is 5.69 Å². The molecule has 1 atom stereocenters. The average Bonchev–Trinajstić information content (AvgIpc) is 2.49. The van der Waals surface area contributed by atoms with Gasteiger partial charge in [0.15, 0.2) is 6.10 Å². The minimum absolute atomic E-state index is 0.248. The molecule has 0 aliphatic heterocycles. The van der Waals surface area contributed by atoms with Gasteiger partial charge < -0.3 is 14.8 Å². The number of methoxy groups -OCH3 is 1. The third-order valence-electron chi connectivity index (χ3n) is 3.12. The molecule has 22 heavy (non-hydrogen) atoms. The van der Waals surface area contributed by atoms with E-state index in [1.807, 2.05) is 31.2 Å². The monoisotopic (exact) mass is 319 g/mol. The molecule has 0 saturated carbocycles. The highest BCUT2D eigenvalue weighted by molar-refractivity contribution is 6.32. The number of carbonyl (C=O) groups excluding carboxylic acids is 1. The lowest BCUT2D eigenvalue weighted by molar-refractivity contribution is -0.122. The average molecular weight is 320 g/mol. The molecule has 116 valence electrons. The van der Waals surface area contributed by atoms with Gasteiger partial charge in [-0.2, -0.15) is 0 Å². The van der Waals surface area contributed by atoms with Crippen LogP contribution in [0.2, 0.25) is 5.02 Å². The summed E-state index contributed by atoms with van der Waals surface area (Å²) in [6.45, 7) is 3.69. The smallest absolute Gasteiger partial charge is 0.265 e. The van der Waals surface area contributed by atoms with Crippen LogP contribution in [0.5, 0.6) is 11.5 Å². The van der Waals surface area contributed by atoms with E-state index in [2.05, 4.69) is 5.32 Å². The number of hydrogen-bond acceptors (Lipinski definition) is 3. The Morgan fingerprint density at radius 1 is 1.18 bits per heavy atom. The zero-order valence-corrected chi connectivity index (χ0v) is 13.5. The Kier molecular flexibility index (Phi) is 5.28. The Balaban J connectivity index is 1.99. The molecule has 0 aromatic heterocycles. The number of nitrogens with one attached hydrogen (secondary N) is 1. The van der Waals surface area contributed by atoms with Gasteiger partial charge in [-0.15, -0.1) is 0 Å². The van der Waals surface area contributed by atoms with Crippen LogP contribution >= 0.6 is 11.6 Å². The van der Waals surface area contributed by atoms with Crippen LogP contribution in [0, 0.1) is 6.92 Å². The molecule has 0 radical (unpaired) electrons. The Bertz CT molecular complexity index is 655. The van der Waals surface area contributed by atoms with Crippen molar-refractivity contribution in [2.75, 3.05) is 12.4 Å². The van der Waals surface area contributed by atoms with Crippen LogP contribution in [0.3, 0.4) is 0 Å². The van der Waals surface area contributed by atoms with Gasteiger partial charge in [-0.05, 0) is 44.2 Å². The van der Waals surface area contributed by atoms with E-state index < -0.39 is 6.10 Å². The van der Waals surface area contributed by atoms with Gasteiger partial charge in [-0.3, -0.25) is 4.79 Å². The lowest BCUT2D eigenvalue weighted by atomic mass is 10.2. The first-order valence-electron chi connectivity index (χ1n) is 6.87. The van der Waals surface area contributed by atoms with Gasteiger partial charge in [0.25, 0.3) is 5.91 Å². The molecule has 5 heteroatoms. The molecule has 0 aliphatic rings. The molecule has 4 nitrogen and oxygen atoms in total. The summed E-state index contributed by atoms with van der Waals surface area (Å²) in [5, 5.41) is 3.20. The molecule has 0 spiro atoms. The van der Waals surface area contributed by atoms with Crippen LogP contribution in [0.1, 0.15) is 12.5 Å². The van der Waals surface area contributed by atoms with Crippen molar-refractivity contribution >= 4 is 23.2 Å². The van der Waals surface area contributed by atoms with E-state index >= 15 is 0 Å². The van der Waals surface area contributed by atoms with Crippen molar-refractivity contribution in [1.82, 2.24) is 0 Å². The fourth-order valence-corrected chi connectivity index (χ4v) is 2.12. The number of hydrogen-bond donors (Lipinski definition) is 1. The van der Waals surface area contributed by atoms with E-state index in [-0.39, 0.29) is 5.91 Å². The molecule has 1 N–H and O–H groups in total. The number of amides is 1. The van der Waals surface area contributed by atoms with Crippen LogP contribution < -0.4 is 14.8 Å². The van der Waals surface area contributed by atoms with Gasteiger partial charge in [0.2, 0.25) is 0 Å². The summed E-state index contributed by atoms with van der Waals surface area (Å²) in [7, 11) is 1.54. The zero-order chi connectivity index (χ0) is 16.1. The quantitative estimate of drug-likeness (QED) is 0.904. The largest absolute Gasteiger partial charge is 0.495 e. The summed E-state index contributed by atoms with van der Waals surface area (Å²) in [4.78, 5) is 12.1. The second-order valence-corrected chi connectivity index (χ2v) is 5.32. The highest BCUT2D eigenvalue weighted by Gasteiger charge is 2.15. The Hall–Kier alpha value is -2.20. The number of rotatable bonds is 5. The van der Waals surface area contributed by atoms with Gasteiger partial charge in [0.1, 0.15) is 11.5 Å². The third-order valence-corrected chi connectivity index (χ3v) is 3.42. The van der Waals surface area contributed by atoms with Crippen molar-refractivity contribution in [2.24, 2.45) is 0 Å². The van der Waals surface area contributed by atoms with Crippen molar-refractivity contribution in [3.8, 4) is 11.5 Å². The number of benzene rings is 2. The van der Waals surface area contributed by atoms with Crippen LogP contribution in [-0.4, -0.2) is 19.1 Å². The molecule has 0 aliphatic carbocycles. The van der Waals surface area contributed by atoms with E-state index in [1.54, 1.807) is 25.1 Å². The van der Waals surface area contributed by atoms with Gasteiger partial charge in [-0.25, -0.2) is 0 Å². The van der Waals surface area contributed by atoms with Gasteiger partial charge in [0, 0.05) is 5.69 Å². The second kappa shape index (κ2) is 7.18. The lowest BCUT2D eigenvalue weighted by Crippen LogP contribution is -2.30. The zero-order valence-electron chi connectivity index (χ0n) is 12.7. The predicted molar refractivity (Wildman–Crippen MR) is 87.9 cm³/mol. The SMILES string of the molecule is COc1ccc(NC(=O)[C@H](C)Oc2ccc(C)cc2)cc1Cl.